The zero-order valence-electron chi connectivity index (χ0n) is 16.6. The van der Waals surface area contributed by atoms with Gasteiger partial charge in [-0.05, 0) is 36.1 Å². The van der Waals surface area contributed by atoms with Gasteiger partial charge in [0.25, 0.3) is 0 Å². The molecule has 28 heavy (non-hydrogen) atoms. The Hall–Kier alpha value is -2.73. The van der Waals surface area contributed by atoms with Gasteiger partial charge in [-0.2, -0.15) is 0 Å². The van der Waals surface area contributed by atoms with Gasteiger partial charge in [0.15, 0.2) is 5.16 Å². The lowest BCUT2D eigenvalue weighted by Gasteiger charge is -2.16. The Kier molecular flexibility index (Phi) is 6.41. The molecule has 0 aliphatic carbocycles. The molecule has 0 aliphatic rings. The molecule has 0 atom stereocenters. The van der Waals surface area contributed by atoms with Gasteiger partial charge in [-0.15, -0.1) is 0 Å². The highest BCUT2D eigenvalue weighted by Gasteiger charge is 2.14. The fourth-order valence-corrected chi connectivity index (χ4v) is 3.77. The number of rotatable bonds is 7. The summed E-state index contributed by atoms with van der Waals surface area (Å²) in [5.41, 5.74) is 4.08. The number of hydrogen-bond donors (Lipinski definition) is 1. The van der Waals surface area contributed by atoms with Gasteiger partial charge in [0.1, 0.15) is 5.75 Å². The number of methoxy groups -OCH3 is 1. The number of aromatic nitrogens is 2. The zero-order valence-corrected chi connectivity index (χ0v) is 17.4. The maximum atomic E-state index is 12.6. The van der Waals surface area contributed by atoms with Crippen molar-refractivity contribution in [1.29, 1.82) is 0 Å². The normalized spacial score (nSPS) is 10.9. The van der Waals surface area contributed by atoms with Crippen molar-refractivity contribution < 1.29 is 9.53 Å². The van der Waals surface area contributed by atoms with Crippen LogP contribution in [0, 0.1) is 6.92 Å². The molecule has 1 heterocycles. The second-order valence-corrected chi connectivity index (χ2v) is 7.75. The molecule has 0 saturated carbocycles. The minimum Gasteiger partial charge on any atom is -0.497 e. The number of imidazole rings is 1. The first-order chi connectivity index (χ1) is 13.5. The lowest BCUT2D eigenvalue weighted by atomic mass is 9.98. The average Bonchev–Trinajstić information content (AvgIpc) is 3.16. The number of carbonyl (C=O) groups excluding carboxylic acids is 1. The Morgan fingerprint density at radius 2 is 2.04 bits per heavy atom. The molecule has 0 unspecified atom stereocenters. The number of amides is 1. The zero-order chi connectivity index (χ0) is 20.1. The summed E-state index contributed by atoms with van der Waals surface area (Å²) in [5.74, 6) is 1.37. The summed E-state index contributed by atoms with van der Waals surface area (Å²) >= 11 is 1.41. The summed E-state index contributed by atoms with van der Waals surface area (Å²) in [6.07, 6.45) is 3.62. The minimum atomic E-state index is -0.0404. The van der Waals surface area contributed by atoms with Crippen LogP contribution in [0.5, 0.6) is 5.75 Å². The maximum Gasteiger partial charge on any atom is 0.234 e. The predicted octanol–water partition coefficient (Wildman–Crippen LogP) is 5.04. The second kappa shape index (κ2) is 8.97. The van der Waals surface area contributed by atoms with Gasteiger partial charge in [-0.3, -0.25) is 9.36 Å². The summed E-state index contributed by atoms with van der Waals surface area (Å²) < 4.78 is 7.25. The fourth-order valence-electron chi connectivity index (χ4n) is 3.00. The van der Waals surface area contributed by atoms with E-state index in [1.807, 2.05) is 54.1 Å². The number of nitrogens with zero attached hydrogens (tertiary/aromatic N) is 2. The molecule has 0 radical (unpaired) electrons. The number of nitrogens with one attached hydrogen (secondary N) is 1. The third-order valence-corrected chi connectivity index (χ3v) is 5.43. The molecule has 6 heteroatoms. The first-order valence-corrected chi connectivity index (χ1v) is 10.2. The van der Waals surface area contributed by atoms with Crippen LogP contribution in [0.4, 0.5) is 5.69 Å². The van der Waals surface area contributed by atoms with Gasteiger partial charge in [-0.25, -0.2) is 4.98 Å². The summed E-state index contributed by atoms with van der Waals surface area (Å²) in [6, 6.07) is 13.9. The highest BCUT2D eigenvalue weighted by Crippen LogP contribution is 2.28. The molecule has 0 fully saturated rings. The number of carbonyl (C=O) groups is 1. The van der Waals surface area contributed by atoms with Gasteiger partial charge >= 0.3 is 0 Å². The molecule has 0 aliphatic heterocycles. The van der Waals surface area contributed by atoms with Crippen LogP contribution in [0.2, 0.25) is 0 Å². The van der Waals surface area contributed by atoms with E-state index in [1.165, 1.54) is 11.8 Å². The van der Waals surface area contributed by atoms with E-state index in [0.717, 1.165) is 33.4 Å². The molecule has 3 aromatic rings. The van der Waals surface area contributed by atoms with E-state index < -0.39 is 0 Å². The third-order valence-electron chi connectivity index (χ3n) is 4.46. The monoisotopic (exact) mass is 395 g/mol. The average molecular weight is 396 g/mol. The van der Waals surface area contributed by atoms with Crippen LogP contribution < -0.4 is 10.1 Å². The van der Waals surface area contributed by atoms with Gasteiger partial charge in [0, 0.05) is 24.1 Å². The molecule has 146 valence electrons. The van der Waals surface area contributed by atoms with Crippen LogP contribution in [-0.2, 0) is 4.79 Å². The molecular weight excluding hydrogens is 370 g/mol. The van der Waals surface area contributed by atoms with Crippen molar-refractivity contribution in [2.24, 2.45) is 0 Å². The van der Waals surface area contributed by atoms with E-state index in [9.17, 15) is 4.79 Å². The third kappa shape index (κ3) is 4.57. The Balaban J connectivity index is 1.71. The molecule has 0 spiro atoms. The van der Waals surface area contributed by atoms with Gasteiger partial charge in [-0.1, -0.05) is 49.9 Å². The number of para-hydroxylation sites is 1. The number of anilines is 1. The van der Waals surface area contributed by atoms with E-state index in [0.29, 0.717) is 5.92 Å². The lowest BCUT2D eigenvalue weighted by Crippen LogP contribution is -2.17. The second-order valence-electron chi connectivity index (χ2n) is 6.81. The molecule has 2 aromatic carbocycles. The van der Waals surface area contributed by atoms with Gasteiger partial charge < -0.3 is 10.1 Å². The SMILES string of the molecule is COc1cccc(-n2ccnc2SCC(=O)Nc2c(C)cccc2C(C)C)c1. The largest absolute Gasteiger partial charge is 0.497 e. The van der Waals surface area contributed by atoms with Gasteiger partial charge in [0.2, 0.25) is 5.91 Å². The summed E-state index contributed by atoms with van der Waals surface area (Å²) in [6.45, 7) is 6.28. The highest BCUT2D eigenvalue weighted by atomic mass is 32.2. The van der Waals surface area contributed by atoms with Crippen LogP contribution >= 0.6 is 11.8 Å². The fraction of sp³-hybridized carbons (Fsp3) is 0.273. The van der Waals surface area contributed by atoms with E-state index >= 15 is 0 Å². The first kappa shape index (κ1) is 20.0. The van der Waals surface area contributed by atoms with Crippen LogP contribution in [0.15, 0.2) is 60.0 Å². The molecule has 0 bridgehead atoms. The number of ether oxygens (including phenoxy) is 1. The summed E-state index contributed by atoms with van der Waals surface area (Å²) in [5, 5.41) is 3.84. The van der Waals surface area contributed by atoms with E-state index in [2.05, 4.69) is 30.2 Å². The summed E-state index contributed by atoms with van der Waals surface area (Å²) in [4.78, 5) is 17.0. The Bertz CT molecular complexity index is 966. The number of aryl methyl sites for hydroxylation is 1. The van der Waals surface area contributed by atoms with Crippen LogP contribution in [0.3, 0.4) is 0 Å². The minimum absolute atomic E-state index is 0.0404. The molecule has 1 aromatic heterocycles. The number of benzene rings is 2. The van der Waals surface area contributed by atoms with Crippen molar-refractivity contribution in [3.8, 4) is 11.4 Å². The summed E-state index contributed by atoms with van der Waals surface area (Å²) in [7, 11) is 1.64. The van der Waals surface area contributed by atoms with E-state index in [-0.39, 0.29) is 11.7 Å². The Morgan fingerprint density at radius 1 is 1.25 bits per heavy atom. The van der Waals surface area contributed by atoms with E-state index in [4.69, 9.17) is 4.74 Å². The van der Waals surface area contributed by atoms with Crippen LogP contribution in [0.1, 0.15) is 30.9 Å². The van der Waals surface area contributed by atoms with Crippen molar-refractivity contribution in [2.75, 3.05) is 18.2 Å². The molecule has 1 amide bonds. The number of hydrogen-bond acceptors (Lipinski definition) is 4. The predicted molar refractivity (Wildman–Crippen MR) is 115 cm³/mol. The van der Waals surface area contributed by atoms with Crippen molar-refractivity contribution in [1.82, 2.24) is 9.55 Å². The highest BCUT2D eigenvalue weighted by molar-refractivity contribution is 7.99. The van der Waals surface area contributed by atoms with Crippen molar-refractivity contribution >= 4 is 23.4 Å². The topological polar surface area (TPSA) is 56.2 Å². The molecule has 5 nitrogen and oxygen atoms in total. The smallest absolute Gasteiger partial charge is 0.234 e. The van der Waals surface area contributed by atoms with Gasteiger partial charge in [0.05, 0.1) is 18.6 Å². The first-order valence-electron chi connectivity index (χ1n) is 9.19. The standard InChI is InChI=1S/C22H25N3O2S/c1-15(2)19-10-5-7-16(3)21(19)24-20(26)14-28-22-23-11-12-25(22)17-8-6-9-18(13-17)27-4/h5-13,15H,14H2,1-4H3,(H,24,26). The molecule has 1 N–H and O–H groups in total. The molecular formula is C22H25N3O2S. The molecule has 3 rings (SSSR count). The van der Waals surface area contributed by atoms with Crippen LogP contribution in [-0.4, -0.2) is 28.3 Å². The molecule has 0 saturated heterocycles. The maximum absolute atomic E-state index is 12.6. The van der Waals surface area contributed by atoms with Crippen molar-refractivity contribution in [3.05, 3.63) is 66.0 Å². The van der Waals surface area contributed by atoms with Crippen molar-refractivity contribution in [2.45, 2.75) is 31.8 Å². The lowest BCUT2D eigenvalue weighted by molar-refractivity contribution is -0.113. The Labute approximate surface area is 170 Å². The van der Waals surface area contributed by atoms with E-state index in [1.54, 1.807) is 13.3 Å². The number of thioether (sulfide) groups is 1. The van der Waals surface area contributed by atoms with Crippen molar-refractivity contribution in [3.63, 3.8) is 0 Å². The quantitative estimate of drug-likeness (QED) is 0.569. The van der Waals surface area contributed by atoms with Crippen LogP contribution in [0.25, 0.3) is 5.69 Å². The Morgan fingerprint density at radius 3 is 2.79 bits per heavy atom.